The second-order valence-electron chi connectivity index (χ2n) is 5.18. The predicted octanol–water partition coefficient (Wildman–Crippen LogP) is 0.463. The monoisotopic (exact) mass is 262 g/mol. The zero-order valence-corrected chi connectivity index (χ0v) is 11.5. The van der Waals surface area contributed by atoms with Crippen LogP contribution in [0.2, 0.25) is 0 Å². The van der Waals surface area contributed by atoms with Gasteiger partial charge in [-0.25, -0.2) is 0 Å². The van der Waals surface area contributed by atoms with E-state index in [1.807, 2.05) is 25.2 Å². The van der Waals surface area contributed by atoms with E-state index in [4.69, 9.17) is 5.73 Å². The van der Waals surface area contributed by atoms with Gasteiger partial charge in [0.1, 0.15) is 0 Å². The van der Waals surface area contributed by atoms with Crippen LogP contribution in [0.25, 0.3) is 0 Å². The summed E-state index contributed by atoms with van der Waals surface area (Å²) < 4.78 is 0. The number of likely N-dealkylation sites (tertiary alicyclic amines) is 1. The van der Waals surface area contributed by atoms with E-state index < -0.39 is 0 Å². The molecule has 2 heterocycles. The van der Waals surface area contributed by atoms with E-state index >= 15 is 0 Å². The summed E-state index contributed by atoms with van der Waals surface area (Å²) in [6.45, 7) is 2.89. The normalized spacial score (nSPS) is 17.4. The highest BCUT2D eigenvalue weighted by Gasteiger charge is 2.19. The molecule has 0 bridgehead atoms. The molecule has 0 saturated carbocycles. The lowest BCUT2D eigenvalue weighted by atomic mass is 10.1. The van der Waals surface area contributed by atoms with Crippen LogP contribution in [0.4, 0.5) is 0 Å². The number of nitrogens with zero attached hydrogens (tertiary/aromatic N) is 3. The molecule has 0 aliphatic carbocycles. The van der Waals surface area contributed by atoms with Gasteiger partial charge in [-0.1, -0.05) is 6.07 Å². The van der Waals surface area contributed by atoms with Crippen molar-refractivity contribution < 1.29 is 4.79 Å². The van der Waals surface area contributed by atoms with Crippen LogP contribution in [-0.2, 0) is 11.3 Å². The largest absolute Gasteiger partial charge is 0.339 e. The molecule has 1 fully saturated rings. The Kier molecular flexibility index (Phi) is 4.87. The molecule has 1 aromatic rings. The highest BCUT2D eigenvalue weighted by Crippen LogP contribution is 2.08. The topological polar surface area (TPSA) is 62.5 Å². The Balaban J connectivity index is 1.79. The number of carbonyl (C=O) groups is 1. The summed E-state index contributed by atoms with van der Waals surface area (Å²) in [5.74, 6) is 0.140. The Hall–Kier alpha value is -1.46. The first-order valence-corrected chi connectivity index (χ1v) is 6.77. The molecule has 1 aromatic heterocycles. The predicted molar refractivity (Wildman–Crippen MR) is 74.4 cm³/mol. The second kappa shape index (κ2) is 6.63. The number of rotatable bonds is 4. The minimum atomic E-state index is 0.140. The number of nitrogens with two attached hydrogens (primary N) is 1. The fourth-order valence-corrected chi connectivity index (χ4v) is 2.25. The van der Waals surface area contributed by atoms with Crippen molar-refractivity contribution in [3.05, 3.63) is 30.1 Å². The zero-order valence-electron chi connectivity index (χ0n) is 11.5. The minimum absolute atomic E-state index is 0.140. The van der Waals surface area contributed by atoms with E-state index in [1.165, 1.54) is 0 Å². The lowest BCUT2D eigenvalue weighted by molar-refractivity contribution is -0.132. The summed E-state index contributed by atoms with van der Waals surface area (Å²) >= 11 is 0. The second-order valence-corrected chi connectivity index (χ2v) is 5.18. The SMILES string of the molecule is CN(Cc1ccccn1)C(=O)CN1CCC(N)CC1. The summed E-state index contributed by atoms with van der Waals surface area (Å²) in [4.78, 5) is 20.3. The zero-order chi connectivity index (χ0) is 13.7. The number of hydrogen-bond donors (Lipinski definition) is 1. The fourth-order valence-electron chi connectivity index (χ4n) is 2.25. The van der Waals surface area contributed by atoms with Crippen LogP contribution < -0.4 is 5.73 Å². The van der Waals surface area contributed by atoms with E-state index in [1.54, 1.807) is 11.1 Å². The maximum absolute atomic E-state index is 12.1. The van der Waals surface area contributed by atoms with Gasteiger partial charge in [0.15, 0.2) is 0 Å². The van der Waals surface area contributed by atoms with Gasteiger partial charge in [-0.15, -0.1) is 0 Å². The Morgan fingerprint density at radius 2 is 2.21 bits per heavy atom. The van der Waals surface area contributed by atoms with Crippen LogP contribution in [-0.4, -0.2) is 53.4 Å². The molecule has 0 aromatic carbocycles. The molecule has 1 aliphatic rings. The Bertz CT molecular complexity index is 401. The van der Waals surface area contributed by atoms with Crippen LogP contribution in [0.5, 0.6) is 0 Å². The van der Waals surface area contributed by atoms with Gasteiger partial charge in [-0.3, -0.25) is 14.7 Å². The summed E-state index contributed by atoms with van der Waals surface area (Å²) in [6, 6.07) is 6.05. The summed E-state index contributed by atoms with van der Waals surface area (Å²) in [7, 11) is 1.83. The van der Waals surface area contributed by atoms with Crippen LogP contribution in [0.3, 0.4) is 0 Å². The third-order valence-corrected chi connectivity index (χ3v) is 3.54. The number of piperidine rings is 1. The number of hydrogen-bond acceptors (Lipinski definition) is 4. The van der Waals surface area contributed by atoms with Gasteiger partial charge in [0, 0.05) is 32.4 Å². The molecule has 5 nitrogen and oxygen atoms in total. The molecule has 19 heavy (non-hydrogen) atoms. The molecule has 1 amide bonds. The summed E-state index contributed by atoms with van der Waals surface area (Å²) in [5.41, 5.74) is 6.78. The van der Waals surface area contributed by atoms with Gasteiger partial charge in [0.2, 0.25) is 5.91 Å². The molecule has 1 aliphatic heterocycles. The van der Waals surface area contributed by atoms with Crippen LogP contribution in [0.1, 0.15) is 18.5 Å². The van der Waals surface area contributed by atoms with Gasteiger partial charge in [-0.05, 0) is 25.0 Å². The highest BCUT2D eigenvalue weighted by molar-refractivity contribution is 5.77. The van der Waals surface area contributed by atoms with Crippen molar-refractivity contribution >= 4 is 5.91 Å². The van der Waals surface area contributed by atoms with Crippen LogP contribution in [0.15, 0.2) is 24.4 Å². The average molecular weight is 262 g/mol. The molecular formula is C14H22N4O. The first kappa shape index (κ1) is 14.0. The van der Waals surface area contributed by atoms with Crippen molar-refractivity contribution in [1.29, 1.82) is 0 Å². The van der Waals surface area contributed by atoms with Crippen molar-refractivity contribution in [3.8, 4) is 0 Å². The Morgan fingerprint density at radius 1 is 1.47 bits per heavy atom. The average Bonchev–Trinajstić information content (AvgIpc) is 2.42. The highest BCUT2D eigenvalue weighted by atomic mass is 16.2. The quantitative estimate of drug-likeness (QED) is 0.856. The lowest BCUT2D eigenvalue weighted by Gasteiger charge is -2.30. The maximum Gasteiger partial charge on any atom is 0.236 e. The first-order valence-electron chi connectivity index (χ1n) is 6.77. The van der Waals surface area contributed by atoms with Crippen molar-refractivity contribution in [1.82, 2.24) is 14.8 Å². The van der Waals surface area contributed by atoms with Crippen LogP contribution in [0, 0.1) is 0 Å². The van der Waals surface area contributed by atoms with E-state index in [9.17, 15) is 4.79 Å². The standard InChI is InChI=1S/C14H22N4O/c1-17(10-13-4-2-3-7-16-13)14(19)11-18-8-5-12(15)6-9-18/h2-4,7,12H,5-6,8-11,15H2,1H3. The Labute approximate surface area is 114 Å². The summed E-state index contributed by atoms with van der Waals surface area (Å²) in [5, 5.41) is 0. The van der Waals surface area contributed by atoms with E-state index in [2.05, 4.69) is 9.88 Å². The van der Waals surface area contributed by atoms with Gasteiger partial charge >= 0.3 is 0 Å². The molecule has 0 radical (unpaired) electrons. The van der Waals surface area contributed by atoms with Crippen molar-refractivity contribution in [3.63, 3.8) is 0 Å². The number of aromatic nitrogens is 1. The molecule has 0 atom stereocenters. The van der Waals surface area contributed by atoms with Crippen molar-refractivity contribution in [2.24, 2.45) is 5.73 Å². The maximum atomic E-state index is 12.1. The van der Waals surface area contributed by atoms with E-state index in [0.29, 0.717) is 19.1 Å². The molecule has 2 N–H and O–H groups in total. The third-order valence-electron chi connectivity index (χ3n) is 3.54. The minimum Gasteiger partial charge on any atom is -0.339 e. The lowest BCUT2D eigenvalue weighted by Crippen LogP contribution is -2.44. The van der Waals surface area contributed by atoms with Gasteiger partial charge < -0.3 is 10.6 Å². The van der Waals surface area contributed by atoms with E-state index in [0.717, 1.165) is 31.6 Å². The molecule has 2 rings (SSSR count). The van der Waals surface area contributed by atoms with Crippen molar-refractivity contribution in [2.45, 2.75) is 25.4 Å². The number of pyridine rings is 1. The summed E-state index contributed by atoms with van der Waals surface area (Å²) in [6.07, 6.45) is 3.72. The van der Waals surface area contributed by atoms with Gasteiger partial charge in [0.25, 0.3) is 0 Å². The fraction of sp³-hybridized carbons (Fsp3) is 0.571. The van der Waals surface area contributed by atoms with Crippen LogP contribution >= 0.6 is 0 Å². The number of likely N-dealkylation sites (N-methyl/N-ethyl adjacent to an activating group) is 1. The van der Waals surface area contributed by atoms with Gasteiger partial charge in [-0.2, -0.15) is 0 Å². The third kappa shape index (κ3) is 4.29. The Morgan fingerprint density at radius 3 is 2.84 bits per heavy atom. The molecule has 5 heteroatoms. The number of carbonyl (C=O) groups excluding carboxylic acids is 1. The molecule has 104 valence electrons. The van der Waals surface area contributed by atoms with Gasteiger partial charge in [0.05, 0.1) is 18.8 Å². The smallest absolute Gasteiger partial charge is 0.236 e. The molecule has 1 saturated heterocycles. The molecular weight excluding hydrogens is 240 g/mol. The molecule has 0 spiro atoms. The number of amides is 1. The van der Waals surface area contributed by atoms with E-state index in [-0.39, 0.29) is 5.91 Å². The van der Waals surface area contributed by atoms with Crippen molar-refractivity contribution in [2.75, 3.05) is 26.7 Å². The molecule has 0 unspecified atom stereocenters. The first-order chi connectivity index (χ1) is 9.15.